The predicted molar refractivity (Wildman–Crippen MR) is 253 cm³/mol. The lowest BCUT2D eigenvalue weighted by atomic mass is 9.81. The van der Waals surface area contributed by atoms with Gasteiger partial charge in [-0.15, -0.1) is 0 Å². The van der Waals surface area contributed by atoms with Crippen LogP contribution < -0.4 is 0 Å². The Hall–Kier alpha value is -7.28. The molecule has 0 heteroatoms. The summed E-state index contributed by atoms with van der Waals surface area (Å²) in [5, 5.41) is 0.642. The van der Waals surface area contributed by atoms with Gasteiger partial charge in [0.25, 0.3) is 0 Å². The molecule has 0 spiro atoms. The third-order valence-corrected chi connectivity index (χ3v) is 12.5. The third kappa shape index (κ3) is 4.55. The zero-order valence-electron chi connectivity index (χ0n) is 47.7. The van der Waals surface area contributed by atoms with Crippen LogP contribution in [0.3, 0.4) is 0 Å². The standard InChI is InChI=1S/C59H38/c1-59(2)53-16-6-5-15-48(53)52-34-42(26-32-54(52)59)44-27-25-41(33-51(44)47-29-22-40-20-18-36-10-8-12-38-24-31-50(47)58(40)56(36)38)43-13-3-4-14-45(43)46-28-21-39-19-17-35-9-7-11-37-23-30-49(46)57(39)55(35)37/h3-34H,1-2H3/i7D,8D,9D,10D,12D,17D,18D,19D,20D,21D,22D,23D,24D,29D,30D,31D. The van der Waals surface area contributed by atoms with Crippen molar-refractivity contribution in [1.82, 2.24) is 0 Å². The Labute approximate surface area is 365 Å². The Kier molecular flexibility index (Phi) is 4.22. The van der Waals surface area contributed by atoms with Gasteiger partial charge < -0.3 is 0 Å². The predicted octanol–water partition coefficient (Wildman–Crippen LogP) is 16.5. The molecule has 0 unspecified atom stereocenters. The van der Waals surface area contributed by atoms with Crippen molar-refractivity contribution in [3.63, 3.8) is 0 Å². The summed E-state index contributed by atoms with van der Waals surface area (Å²) >= 11 is 0. The van der Waals surface area contributed by atoms with E-state index < -0.39 is 54.4 Å². The van der Waals surface area contributed by atoms with Crippen molar-refractivity contribution in [1.29, 1.82) is 0 Å². The zero-order chi connectivity index (χ0) is 52.9. The van der Waals surface area contributed by atoms with E-state index in [1.165, 1.54) is 12.1 Å². The van der Waals surface area contributed by atoms with Crippen LogP contribution in [0.2, 0.25) is 0 Å². The summed E-state index contributed by atoms with van der Waals surface area (Å²) in [5.41, 5.74) is 7.67. The average Bonchev–Trinajstić information content (AvgIpc) is 3.67. The van der Waals surface area contributed by atoms with E-state index in [9.17, 15) is 11.0 Å². The van der Waals surface area contributed by atoms with Gasteiger partial charge in [-0.3, -0.25) is 0 Å². The van der Waals surface area contributed by atoms with Gasteiger partial charge in [0, 0.05) is 5.41 Å². The van der Waals surface area contributed by atoms with Crippen LogP contribution in [0.1, 0.15) is 46.9 Å². The van der Waals surface area contributed by atoms with Gasteiger partial charge in [0.05, 0.1) is 21.9 Å². The highest BCUT2D eigenvalue weighted by molar-refractivity contribution is 6.27. The first-order valence-electron chi connectivity index (χ1n) is 27.5. The first kappa shape index (κ1) is 20.9. The lowest BCUT2D eigenvalue weighted by Crippen LogP contribution is -2.14. The summed E-state index contributed by atoms with van der Waals surface area (Å²) in [4.78, 5) is 0. The quantitative estimate of drug-likeness (QED) is 0.157. The van der Waals surface area contributed by atoms with Crippen LogP contribution in [0.25, 0.3) is 120 Å². The molecule has 59 heavy (non-hydrogen) atoms. The minimum Gasteiger partial charge on any atom is -0.0619 e. The Bertz CT molecular complexity index is 4610. The van der Waals surface area contributed by atoms with E-state index in [2.05, 4.69) is 38.1 Å². The SMILES string of the molecule is [2H]c1cc2c([2H])c([2H])c3c(-c4ccccc4-c4ccc(-c5ccc6c(c5)-c5ccccc5C6(C)C)c(-c5c([2H])c([2H])c6c([2H])c([2H])c7c([2H])c([2H])c([2H])c8c([2H])c([2H])c5c6c78)c4)cc([2H])c4c([2H])c([2H])c(c1[2H])c2c43. The number of hydrogen-bond donors (Lipinski definition) is 0. The highest BCUT2D eigenvalue weighted by atomic mass is 14.4. The fourth-order valence-corrected chi connectivity index (χ4v) is 9.69. The van der Waals surface area contributed by atoms with E-state index in [0.29, 0.717) is 33.4 Å². The van der Waals surface area contributed by atoms with Gasteiger partial charge in [-0.25, -0.2) is 0 Å². The molecule has 0 radical (unpaired) electrons. The maximum atomic E-state index is 9.92. The van der Waals surface area contributed by atoms with Crippen LogP contribution in [0.15, 0.2) is 194 Å². The van der Waals surface area contributed by atoms with E-state index in [1.54, 1.807) is 12.1 Å². The van der Waals surface area contributed by atoms with Crippen molar-refractivity contribution in [2.24, 2.45) is 0 Å². The molecule has 13 rings (SSSR count). The molecule has 1 aliphatic carbocycles. The van der Waals surface area contributed by atoms with Crippen LogP contribution in [0.4, 0.5) is 0 Å². The summed E-state index contributed by atoms with van der Waals surface area (Å²) in [6.45, 7) is 4.34. The molecule has 0 nitrogen and oxygen atoms in total. The Morgan fingerprint density at radius 2 is 0.847 bits per heavy atom. The van der Waals surface area contributed by atoms with Crippen molar-refractivity contribution < 1.29 is 21.9 Å². The van der Waals surface area contributed by atoms with Gasteiger partial charge in [0.15, 0.2) is 0 Å². The van der Waals surface area contributed by atoms with Crippen molar-refractivity contribution in [2.45, 2.75) is 19.3 Å². The van der Waals surface area contributed by atoms with Crippen molar-refractivity contribution >= 4 is 64.6 Å². The molecule has 0 aromatic heterocycles. The van der Waals surface area contributed by atoms with Crippen LogP contribution in [0, 0.1) is 0 Å². The summed E-state index contributed by atoms with van der Waals surface area (Å²) in [6.07, 6.45) is 0. The molecule has 12 aromatic rings. The van der Waals surface area contributed by atoms with Gasteiger partial charge in [0.1, 0.15) is 0 Å². The molecule has 0 fully saturated rings. The molecule has 0 aliphatic heterocycles. The number of fused-ring (bicyclic) bond motifs is 3. The molecule has 1 aliphatic rings. The minimum atomic E-state index is -0.563. The molecule has 0 amide bonds. The van der Waals surface area contributed by atoms with Gasteiger partial charge >= 0.3 is 0 Å². The van der Waals surface area contributed by atoms with E-state index in [-0.39, 0.29) is 118 Å². The molecule has 12 aromatic carbocycles. The summed E-state index contributed by atoms with van der Waals surface area (Å²) in [7, 11) is 0. The second kappa shape index (κ2) is 11.9. The second-order valence-corrected chi connectivity index (χ2v) is 15.9. The maximum absolute atomic E-state index is 9.92. The molecule has 0 saturated carbocycles. The largest absolute Gasteiger partial charge is 0.0630 e. The second-order valence-electron chi connectivity index (χ2n) is 15.9. The molecule has 0 saturated heterocycles. The maximum Gasteiger partial charge on any atom is 0.0630 e. The molecule has 274 valence electrons. The molecule has 0 atom stereocenters. The highest BCUT2D eigenvalue weighted by Crippen LogP contribution is 2.51. The van der Waals surface area contributed by atoms with Gasteiger partial charge in [-0.1, -0.05) is 195 Å². The summed E-state index contributed by atoms with van der Waals surface area (Å²) in [5.74, 6) is 0. The fourth-order valence-electron chi connectivity index (χ4n) is 9.69. The van der Waals surface area contributed by atoms with Crippen LogP contribution in [-0.2, 0) is 5.41 Å². The fraction of sp³-hybridized carbons (Fsp3) is 0.0508. The van der Waals surface area contributed by atoms with E-state index >= 15 is 0 Å². The van der Waals surface area contributed by atoms with Crippen molar-refractivity contribution in [3.8, 4) is 55.6 Å². The Balaban J connectivity index is 1.16. The van der Waals surface area contributed by atoms with Crippen LogP contribution in [-0.4, -0.2) is 0 Å². The van der Waals surface area contributed by atoms with Gasteiger partial charge in [0.2, 0.25) is 0 Å². The number of rotatable bonds is 4. The normalized spacial score (nSPS) is 17.2. The van der Waals surface area contributed by atoms with E-state index in [0.717, 1.165) is 27.8 Å². The molecule has 0 bridgehead atoms. The Morgan fingerprint density at radius 1 is 0.322 bits per heavy atom. The molecule has 0 heterocycles. The van der Waals surface area contributed by atoms with E-state index in [1.807, 2.05) is 48.5 Å². The van der Waals surface area contributed by atoms with Crippen molar-refractivity contribution in [3.05, 3.63) is 205 Å². The number of benzene rings is 12. The van der Waals surface area contributed by atoms with Gasteiger partial charge in [-0.2, -0.15) is 0 Å². The lowest BCUT2D eigenvalue weighted by Gasteiger charge is -2.22. The lowest BCUT2D eigenvalue weighted by molar-refractivity contribution is 0.660. The first-order valence-corrected chi connectivity index (χ1v) is 19.5. The average molecular weight is 763 g/mol. The minimum absolute atomic E-state index is 0.00913. The van der Waals surface area contributed by atoms with E-state index in [4.69, 9.17) is 11.0 Å². The van der Waals surface area contributed by atoms with Crippen molar-refractivity contribution in [2.75, 3.05) is 0 Å². The van der Waals surface area contributed by atoms with Crippen LogP contribution in [0.5, 0.6) is 0 Å². The van der Waals surface area contributed by atoms with Crippen LogP contribution >= 0.6 is 0 Å². The molecular weight excluding hydrogens is 709 g/mol. The molecular formula is C59H38. The zero-order valence-corrected chi connectivity index (χ0v) is 31.7. The Morgan fingerprint density at radius 3 is 1.63 bits per heavy atom. The van der Waals surface area contributed by atoms with Gasteiger partial charge in [-0.05, 0) is 144 Å². The molecule has 0 N–H and O–H groups in total. The smallest absolute Gasteiger partial charge is 0.0619 e. The number of hydrogen-bond acceptors (Lipinski definition) is 0. The third-order valence-electron chi connectivity index (χ3n) is 12.5. The first-order chi connectivity index (χ1) is 35.7. The highest BCUT2D eigenvalue weighted by Gasteiger charge is 2.35. The topological polar surface area (TPSA) is 0 Å². The summed E-state index contributed by atoms with van der Waals surface area (Å²) in [6, 6.07) is 24.0. The summed E-state index contributed by atoms with van der Waals surface area (Å²) < 4.78 is 147. The monoisotopic (exact) mass is 762 g/mol.